The number of benzene rings is 1. The van der Waals surface area contributed by atoms with Gasteiger partial charge in [0, 0.05) is 37.8 Å². The molecule has 1 aliphatic rings. The van der Waals surface area contributed by atoms with Gasteiger partial charge >= 0.3 is 0 Å². The van der Waals surface area contributed by atoms with E-state index < -0.39 is 5.91 Å². The van der Waals surface area contributed by atoms with Crippen LogP contribution >= 0.6 is 0 Å². The Labute approximate surface area is 148 Å². The molecule has 25 heavy (non-hydrogen) atoms. The Bertz CT molecular complexity index is 680. The van der Waals surface area contributed by atoms with E-state index in [0.29, 0.717) is 31.7 Å². The second-order valence-electron chi connectivity index (χ2n) is 6.50. The number of amides is 2. The maximum Gasteiger partial charge on any atom is 0.248 e. The molecular formula is C19H24N4O2. The molecule has 2 N–H and O–H groups in total. The zero-order chi connectivity index (χ0) is 18.4. The van der Waals surface area contributed by atoms with Crippen LogP contribution in [0.25, 0.3) is 6.08 Å². The van der Waals surface area contributed by atoms with Gasteiger partial charge in [0.15, 0.2) is 0 Å². The van der Waals surface area contributed by atoms with Crippen LogP contribution in [0.3, 0.4) is 0 Å². The normalized spacial score (nSPS) is 16.8. The predicted octanol–water partition coefficient (Wildman–Crippen LogP) is 1.49. The third-order valence-corrected chi connectivity index (χ3v) is 4.40. The standard InChI is InChI=1S/C19H24N4O2/c1-14(2)17(13-20)22-9-11-23(12-10-22)18(24)8-5-15-3-6-16(7-4-15)19(21)25/h3-8,14,17H,9-12H2,1-2H3,(H2,21,25). The van der Waals surface area contributed by atoms with Crippen molar-refractivity contribution in [2.75, 3.05) is 26.2 Å². The number of carbonyl (C=O) groups excluding carboxylic acids is 2. The van der Waals surface area contributed by atoms with Crippen molar-refractivity contribution in [3.8, 4) is 6.07 Å². The zero-order valence-electron chi connectivity index (χ0n) is 14.7. The Morgan fingerprint density at radius 3 is 2.24 bits per heavy atom. The first kappa shape index (κ1) is 18.7. The Balaban J connectivity index is 1.90. The molecular weight excluding hydrogens is 316 g/mol. The fourth-order valence-electron chi connectivity index (χ4n) is 2.90. The maximum atomic E-state index is 12.3. The lowest BCUT2D eigenvalue weighted by molar-refractivity contribution is -0.127. The molecule has 1 heterocycles. The number of nitrogens with zero attached hydrogens (tertiary/aromatic N) is 3. The third-order valence-electron chi connectivity index (χ3n) is 4.40. The highest BCUT2D eigenvalue weighted by atomic mass is 16.2. The number of primary amides is 1. The molecule has 0 saturated carbocycles. The molecule has 1 aromatic rings. The van der Waals surface area contributed by atoms with E-state index in [9.17, 15) is 14.9 Å². The van der Waals surface area contributed by atoms with Crippen molar-refractivity contribution in [3.05, 3.63) is 41.5 Å². The van der Waals surface area contributed by atoms with E-state index in [4.69, 9.17) is 5.73 Å². The monoisotopic (exact) mass is 340 g/mol. The summed E-state index contributed by atoms with van der Waals surface area (Å²) in [6.07, 6.45) is 3.27. The van der Waals surface area contributed by atoms with E-state index in [-0.39, 0.29) is 17.9 Å². The van der Waals surface area contributed by atoms with Gasteiger partial charge in [0.1, 0.15) is 6.04 Å². The lowest BCUT2D eigenvalue weighted by atomic mass is 10.0. The largest absolute Gasteiger partial charge is 0.366 e. The van der Waals surface area contributed by atoms with Crippen LogP contribution in [-0.4, -0.2) is 53.8 Å². The third kappa shape index (κ3) is 4.91. The molecule has 132 valence electrons. The fourth-order valence-corrected chi connectivity index (χ4v) is 2.90. The van der Waals surface area contributed by atoms with Crippen LogP contribution in [0.15, 0.2) is 30.3 Å². The number of piperazine rings is 1. The van der Waals surface area contributed by atoms with Gasteiger partial charge in [0.25, 0.3) is 0 Å². The molecule has 6 nitrogen and oxygen atoms in total. The van der Waals surface area contributed by atoms with Crippen LogP contribution in [0.1, 0.15) is 29.8 Å². The van der Waals surface area contributed by atoms with Gasteiger partial charge < -0.3 is 10.6 Å². The summed E-state index contributed by atoms with van der Waals surface area (Å²) in [6.45, 7) is 6.74. The Morgan fingerprint density at radius 1 is 1.16 bits per heavy atom. The van der Waals surface area contributed by atoms with Crippen LogP contribution in [-0.2, 0) is 4.79 Å². The first-order valence-electron chi connectivity index (χ1n) is 8.43. The van der Waals surface area contributed by atoms with E-state index in [0.717, 1.165) is 5.56 Å². The molecule has 0 radical (unpaired) electrons. The number of carbonyl (C=O) groups is 2. The molecule has 2 amide bonds. The van der Waals surface area contributed by atoms with Crippen LogP contribution in [0.2, 0.25) is 0 Å². The van der Waals surface area contributed by atoms with Crippen molar-refractivity contribution in [2.45, 2.75) is 19.9 Å². The lowest BCUT2D eigenvalue weighted by Gasteiger charge is -2.37. The van der Waals surface area contributed by atoms with Gasteiger partial charge in [0.05, 0.1) is 6.07 Å². The maximum absolute atomic E-state index is 12.3. The summed E-state index contributed by atoms with van der Waals surface area (Å²) in [5.41, 5.74) is 6.48. The van der Waals surface area contributed by atoms with Crippen LogP contribution in [0, 0.1) is 17.2 Å². The number of hydrogen-bond acceptors (Lipinski definition) is 4. The highest BCUT2D eigenvalue weighted by Gasteiger charge is 2.26. The van der Waals surface area contributed by atoms with Gasteiger partial charge in [-0.25, -0.2) is 0 Å². The summed E-state index contributed by atoms with van der Waals surface area (Å²) in [7, 11) is 0. The van der Waals surface area contributed by atoms with Gasteiger partial charge in [-0.1, -0.05) is 26.0 Å². The Morgan fingerprint density at radius 2 is 1.76 bits per heavy atom. The summed E-state index contributed by atoms with van der Waals surface area (Å²) in [4.78, 5) is 27.3. The summed E-state index contributed by atoms with van der Waals surface area (Å²) in [5.74, 6) is -0.242. The van der Waals surface area contributed by atoms with Crippen molar-refractivity contribution in [1.82, 2.24) is 9.80 Å². The first-order valence-corrected chi connectivity index (χ1v) is 8.43. The molecule has 1 aromatic carbocycles. The minimum atomic E-state index is -0.471. The highest BCUT2D eigenvalue weighted by molar-refractivity contribution is 5.94. The average Bonchev–Trinajstić information content (AvgIpc) is 2.61. The van der Waals surface area contributed by atoms with Gasteiger partial charge in [0.2, 0.25) is 11.8 Å². The quantitative estimate of drug-likeness (QED) is 0.822. The number of hydrogen-bond donors (Lipinski definition) is 1. The molecule has 1 saturated heterocycles. The van der Waals surface area contributed by atoms with Crippen LogP contribution in [0.4, 0.5) is 0 Å². The topological polar surface area (TPSA) is 90.4 Å². The van der Waals surface area contributed by atoms with E-state index in [1.165, 1.54) is 0 Å². The van der Waals surface area contributed by atoms with Crippen molar-refractivity contribution in [3.63, 3.8) is 0 Å². The second kappa shape index (κ2) is 8.45. The molecule has 6 heteroatoms. The van der Waals surface area contributed by atoms with Gasteiger partial charge in [-0.15, -0.1) is 0 Å². The van der Waals surface area contributed by atoms with Crippen molar-refractivity contribution in [1.29, 1.82) is 5.26 Å². The molecule has 1 aliphatic heterocycles. The second-order valence-corrected chi connectivity index (χ2v) is 6.50. The summed E-state index contributed by atoms with van der Waals surface area (Å²) >= 11 is 0. The molecule has 1 fully saturated rings. The zero-order valence-corrected chi connectivity index (χ0v) is 14.7. The smallest absolute Gasteiger partial charge is 0.248 e. The number of nitrogens with two attached hydrogens (primary N) is 1. The number of rotatable bonds is 5. The first-order chi connectivity index (χ1) is 11.9. The molecule has 0 bridgehead atoms. The Hall–Kier alpha value is -2.65. The van der Waals surface area contributed by atoms with Gasteiger partial charge in [-0.05, 0) is 29.7 Å². The molecule has 0 aromatic heterocycles. The summed E-state index contributed by atoms with van der Waals surface area (Å²) in [6, 6.07) is 9.03. The van der Waals surface area contributed by atoms with E-state index in [2.05, 4.69) is 11.0 Å². The molecule has 1 atom stereocenters. The van der Waals surface area contributed by atoms with E-state index in [1.807, 2.05) is 13.8 Å². The Kier molecular flexibility index (Phi) is 6.31. The minimum Gasteiger partial charge on any atom is -0.366 e. The summed E-state index contributed by atoms with van der Waals surface area (Å²) in [5, 5.41) is 9.28. The molecule has 1 unspecified atom stereocenters. The van der Waals surface area contributed by atoms with Crippen molar-refractivity contribution < 1.29 is 9.59 Å². The SMILES string of the molecule is CC(C)C(C#N)N1CCN(C(=O)C=Cc2ccc(C(N)=O)cc2)CC1. The van der Waals surface area contributed by atoms with Gasteiger partial charge in [-0.3, -0.25) is 14.5 Å². The fraction of sp³-hybridized carbons (Fsp3) is 0.421. The number of nitriles is 1. The lowest BCUT2D eigenvalue weighted by Crippen LogP contribution is -2.52. The van der Waals surface area contributed by atoms with Crippen LogP contribution < -0.4 is 5.73 Å². The highest BCUT2D eigenvalue weighted by Crippen LogP contribution is 2.14. The van der Waals surface area contributed by atoms with Crippen molar-refractivity contribution >= 4 is 17.9 Å². The van der Waals surface area contributed by atoms with E-state index in [1.54, 1.807) is 41.3 Å². The average molecular weight is 340 g/mol. The van der Waals surface area contributed by atoms with Crippen LogP contribution in [0.5, 0.6) is 0 Å². The summed E-state index contributed by atoms with van der Waals surface area (Å²) < 4.78 is 0. The predicted molar refractivity (Wildman–Crippen MR) is 96.4 cm³/mol. The van der Waals surface area contributed by atoms with E-state index >= 15 is 0 Å². The molecule has 2 rings (SSSR count). The minimum absolute atomic E-state index is 0.0447. The van der Waals surface area contributed by atoms with Gasteiger partial charge in [-0.2, -0.15) is 5.26 Å². The molecule has 0 spiro atoms. The molecule has 0 aliphatic carbocycles. The van der Waals surface area contributed by atoms with Crippen molar-refractivity contribution in [2.24, 2.45) is 11.7 Å².